The molecule has 1 fully saturated rings. The van der Waals surface area contributed by atoms with E-state index in [4.69, 9.17) is 10.5 Å². The van der Waals surface area contributed by atoms with Crippen molar-refractivity contribution in [3.63, 3.8) is 0 Å². The lowest BCUT2D eigenvalue weighted by Gasteiger charge is -2.29. The molecule has 1 saturated heterocycles. The van der Waals surface area contributed by atoms with Crippen molar-refractivity contribution in [2.24, 2.45) is 0 Å². The van der Waals surface area contributed by atoms with Crippen molar-refractivity contribution >= 4 is 21.6 Å². The number of anilines is 1. The second kappa shape index (κ2) is 4.96. The lowest BCUT2D eigenvalue weighted by atomic mass is 9.94. The van der Waals surface area contributed by atoms with E-state index in [-0.39, 0.29) is 11.6 Å². The molecule has 1 aromatic carbocycles. The summed E-state index contributed by atoms with van der Waals surface area (Å²) in [5, 5.41) is 3.58. The van der Waals surface area contributed by atoms with Gasteiger partial charge in [-0.25, -0.2) is 0 Å². The Balaban J connectivity index is 2.04. The van der Waals surface area contributed by atoms with Gasteiger partial charge in [0.2, 0.25) is 0 Å². The summed E-state index contributed by atoms with van der Waals surface area (Å²) in [6, 6.07) is 5.89. The van der Waals surface area contributed by atoms with Gasteiger partial charge in [0, 0.05) is 28.9 Å². The van der Waals surface area contributed by atoms with Crippen LogP contribution in [0.1, 0.15) is 25.8 Å². The predicted octanol–water partition coefficient (Wildman–Crippen LogP) is 2.69. The average Bonchev–Trinajstić information content (AvgIpc) is 2.61. The summed E-state index contributed by atoms with van der Waals surface area (Å²) < 4.78 is 6.70. The molecule has 1 aliphatic heterocycles. The Labute approximate surface area is 111 Å². The van der Waals surface area contributed by atoms with Crippen LogP contribution in [0.3, 0.4) is 0 Å². The van der Waals surface area contributed by atoms with Crippen molar-refractivity contribution in [1.29, 1.82) is 0 Å². The molecule has 2 unspecified atom stereocenters. The standard InChI is InChI=1S/C13H19BrN2O/c1-9-13(2,5-6-17-9)16-8-10-7-11(15)3-4-12(10)14/h3-4,7,9,16H,5-6,8,15H2,1-2H3. The number of nitrogens with two attached hydrogens (primary N) is 1. The van der Waals surface area contributed by atoms with Crippen LogP contribution < -0.4 is 11.1 Å². The highest BCUT2D eigenvalue weighted by Crippen LogP contribution is 2.27. The van der Waals surface area contributed by atoms with Crippen LogP contribution in [-0.2, 0) is 11.3 Å². The van der Waals surface area contributed by atoms with Crippen LogP contribution >= 0.6 is 15.9 Å². The van der Waals surface area contributed by atoms with Crippen LogP contribution in [0.2, 0.25) is 0 Å². The number of benzene rings is 1. The molecule has 94 valence electrons. The molecule has 0 aromatic heterocycles. The molecule has 0 saturated carbocycles. The predicted molar refractivity (Wildman–Crippen MR) is 73.8 cm³/mol. The summed E-state index contributed by atoms with van der Waals surface area (Å²) in [4.78, 5) is 0. The normalized spacial score (nSPS) is 28.5. The minimum Gasteiger partial charge on any atom is -0.399 e. The number of rotatable bonds is 3. The van der Waals surface area contributed by atoms with E-state index in [1.807, 2.05) is 18.2 Å². The van der Waals surface area contributed by atoms with Gasteiger partial charge < -0.3 is 15.8 Å². The fourth-order valence-electron chi connectivity index (χ4n) is 2.09. The number of hydrogen-bond donors (Lipinski definition) is 2. The summed E-state index contributed by atoms with van der Waals surface area (Å²) >= 11 is 3.55. The summed E-state index contributed by atoms with van der Waals surface area (Å²) in [5.41, 5.74) is 7.84. The highest BCUT2D eigenvalue weighted by atomic mass is 79.9. The zero-order valence-electron chi connectivity index (χ0n) is 10.3. The van der Waals surface area contributed by atoms with Gasteiger partial charge in [-0.05, 0) is 44.0 Å². The molecular formula is C13H19BrN2O. The SMILES string of the molecule is CC1OCCC1(C)NCc1cc(N)ccc1Br. The Bertz CT molecular complexity index is 410. The van der Waals surface area contributed by atoms with Crippen molar-refractivity contribution in [3.8, 4) is 0 Å². The number of hydrogen-bond acceptors (Lipinski definition) is 3. The lowest BCUT2D eigenvalue weighted by Crippen LogP contribution is -2.47. The van der Waals surface area contributed by atoms with E-state index < -0.39 is 0 Å². The Morgan fingerprint density at radius 2 is 2.35 bits per heavy atom. The van der Waals surface area contributed by atoms with Gasteiger partial charge in [-0.3, -0.25) is 0 Å². The molecule has 2 rings (SSSR count). The van der Waals surface area contributed by atoms with Crippen molar-refractivity contribution in [3.05, 3.63) is 28.2 Å². The molecule has 1 aliphatic rings. The third kappa shape index (κ3) is 2.81. The van der Waals surface area contributed by atoms with E-state index in [0.717, 1.165) is 29.7 Å². The number of nitrogen functional groups attached to an aromatic ring is 1. The molecule has 0 radical (unpaired) electrons. The third-order valence-electron chi connectivity index (χ3n) is 3.64. The van der Waals surface area contributed by atoms with Crippen LogP contribution in [0.25, 0.3) is 0 Å². The van der Waals surface area contributed by atoms with E-state index in [2.05, 4.69) is 35.1 Å². The first kappa shape index (κ1) is 12.9. The van der Waals surface area contributed by atoms with E-state index in [0.29, 0.717) is 0 Å². The minimum absolute atomic E-state index is 0.0596. The Kier molecular flexibility index (Phi) is 3.76. The monoisotopic (exact) mass is 298 g/mol. The molecule has 0 spiro atoms. The first-order valence-electron chi connectivity index (χ1n) is 5.92. The molecule has 3 nitrogen and oxygen atoms in total. The number of halogens is 1. The van der Waals surface area contributed by atoms with E-state index in [1.165, 1.54) is 5.56 Å². The van der Waals surface area contributed by atoms with Gasteiger partial charge >= 0.3 is 0 Å². The quantitative estimate of drug-likeness (QED) is 0.844. The third-order valence-corrected chi connectivity index (χ3v) is 4.41. The maximum atomic E-state index is 5.80. The summed E-state index contributed by atoms with van der Waals surface area (Å²) in [5.74, 6) is 0. The fraction of sp³-hybridized carbons (Fsp3) is 0.538. The first-order chi connectivity index (χ1) is 8.01. The summed E-state index contributed by atoms with van der Waals surface area (Å²) in [7, 11) is 0. The Morgan fingerprint density at radius 1 is 1.59 bits per heavy atom. The van der Waals surface area contributed by atoms with E-state index in [9.17, 15) is 0 Å². The molecule has 4 heteroatoms. The number of nitrogens with one attached hydrogen (secondary N) is 1. The Hall–Kier alpha value is -0.580. The van der Waals surface area contributed by atoms with Crippen molar-refractivity contribution in [2.45, 2.75) is 38.5 Å². The molecule has 0 amide bonds. The van der Waals surface area contributed by atoms with Gasteiger partial charge in [0.25, 0.3) is 0 Å². The maximum Gasteiger partial charge on any atom is 0.0726 e. The zero-order chi connectivity index (χ0) is 12.5. The van der Waals surface area contributed by atoms with Crippen LogP contribution in [0.5, 0.6) is 0 Å². The van der Waals surface area contributed by atoms with Gasteiger partial charge in [-0.1, -0.05) is 15.9 Å². The fourth-order valence-corrected chi connectivity index (χ4v) is 2.48. The number of ether oxygens (including phenoxy) is 1. The molecular weight excluding hydrogens is 280 g/mol. The van der Waals surface area contributed by atoms with Crippen molar-refractivity contribution in [2.75, 3.05) is 12.3 Å². The van der Waals surface area contributed by atoms with Gasteiger partial charge in [-0.2, -0.15) is 0 Å². The molecule has 0 aliphatic carbocycles. The van der Waals surface area contributed by atoms with Gasteiger partial charge in [-0.15, -0.1) is 0 Å². The lowest BCUT2D eigenvalue weighted by molar-refractivity contribution is 0.0881. The Morgan fingerprint density at radius 3 is 3.00 bits per heavy atom. The van der Waals surface area contributed by atoms with Gasteiger partial charge in [0.05, 0.1) is 6.10 Å². The second-order valence-electron chi connectivity index (χ2n) is 4.88. The topological polar surface area (TPSA) is 47.3 Å². The van der Waals surface area contributed by atoms with Crippen molar-refractivity contribution in [1.82, 2.24) is 5.32 Å². The molecule has 2 atom stereocenters. The summed E-state index contributed by atoms with van der Waals surface area (Å²) in [6.07, 6.45) is 1.30. The first-order valence-corrected chi connectivity index (χ1v) is 6.71. The zero-order valence-corrected chi connectivity index (χ0v) is 11.9. The second-order valence-corrected chi connectivity index (χ2v) is 5.74. The molecule has 17 heavy (non-hydrogen) atoms. The van der Waals surface area contributed by atoms with Crippen LogP contribution in [0, 0.1) is 0 Å². The molecule has 1 aromatic rings. The van der Waals surface area contributed by atoms with Gasteiger partial charge in [0.15, 0.2) is 0 Å². The molecule has 1 heterocycles. The van der Waals surface area contributed by atoms with E-state index >= 15 is 0 Å². The van der Waals surface area contributed by atoms with Crippen LogP contribution in [0.4, 0.5) is 5.69 Å². The van der Waals surface area contributed by atoms with Crippen LogP contribution in [-0.4, -0.2) is 18.2 Å². The average molecular weight is 299 g/mol. The van der Waals surface area contributed by atoms with E-state index in [1.54, 1.807) is 0 Å². The summed E-state index contributed by atoms with van der Waals surface area (Å²) in [6.45, 7) is 5.97. The largest absolute Gasteiger partial charge is 0.399 e. The highest BCUT2D eigenvalue weighted by molar-refractivity contribution is 9.10. The molecule has 0 bridgehead atoms. The van der Waals surface area contributed by atoms with Gasteiger partial charge in [0.1, 0.15) is 0 Å². The minimum atomic E-state index is 0.0596. The van der Waals surface area contributed by atoms with Crippen LogP contribution in [0.15, 0.2) is 22.7 Å². The smallest absolute Gasteiger partial charge is 0.0726 e. The maximum absolute atomic E-state index is 5.80. The highest BCUT2D eigenvalue weighted by Gasteiger charge is 2.36. The molecule has 3 N–H and O–H groups in total. The van der Waals surface area contributed by atoms with Crippen molar-refractivity contribution < 1.29 is 4.74 Å².